The first kappa shape index (κ1) is 16.0. The molecule has 1 aromatic carbocycles. The number of hydrogen-bond donors (Lipinski definition) is 1. The van der Waals surface area contributed by atoms with Gasteiger partial charge in [0.1, 0.15) is 0 Å². The number of carbonyl (C=O) groups is 2. The van der Waals surface area contributed by atoms with Gasteiger partial charge in [-0.05, 0) is 18.2 Å². The summed E-state index contributed by atoms with van der Waals surface area (Å²) in [6.07, 6.45) is 0. The van der Waals surface area contributed by atoms with Gasteiger partial charge in [0.25, 0.3) is 11.5 Å². The van der Waals surface area contributed by atoms with Crippen LogP contribution in [0, 0.1) is 0 Å². The van der Waals surface area contributed by atoms with Crippen LogP contribution in [0.5, 0.6) is 0 Å². The van der Waals surface area contributed by atoms with E-state index in [9.17, 15) is 14.4 Å². The molecule has 1 N–H and O–H groups in total. The average Bonchev–Trinajstić information content (AvgIpc) is 3.09. The Balaban J connectivity index is 1.64. The first-order valence-corrected chi connectivity index (χ1v) is 8.00. The molecule has 26 heavy (non-hydrogen) atoms. The minimum absolute atomic E-state index is 0.148. The number of hydrogen-bond acceptors (Lipinski definition) is 6. The number of nitrogens with one attached hydrogen (secondary N) is 1. The fourth-order valence-electron chi connectivity index (χ4n) is 2.97. The maximum Gasteiger partial charge on any atom is 0.358 e. The number of fused-ring (bicyclic) bond motifs is 2. The van der Waals surface area contributed by atoms with Crippen molar-refractivity contribution in [3.8, 4) is 0 Å². The van der Waals surface area contributed by atoms with Crippen LogP contribution in [0.3, 0.4) is 0 Å². The fourth-order valence-corrected chi connectivity index (χ4v) is 2.97. The first-order valence-electron chi connectivity index (χ1n) is 8.00. The molecule has 0 saturated heterocycles. The van der Waals surface area contributed by atoms with Crippen LogP contribution < -0.4 is 5.56 Å². The Kier molecular flexibility index (Phi) is 3.76. The summed E-state index contributed by atoms with van der Waals surface area (Å²) in [5.41, 5.74) is 1.34. The Labute approximate surface area is 147 Å². The summed E-state index contributed by atoms with van der Waals surface area (Å²) in [7, 11) is 1.29. The second-order valence-corrected chi connectivity index (χ2v) is 5.89. The number of ether oxygens (including phenoxy) is 1. The van der Waals surface area contributed by atoms with Crippen LogP contribution in [0.15, 0.2) is 35.1 Å². The number of aromatic amines is 1. The van der Waals surface area contributed by atoms with Crippen LogP contribution in [0.1, 0.15) is 26.7 Å². The van der Waals surface area contributed by atoms with Crippen molar-refractivity contribution in [1.29, 1.82) is 0 Å². The highest BCUT2D eigenvalue weighted by Crippen LogP contribution is 2.16. The molecule has 4 rings (SSSR count). The topological polar surface area (TPSA) is 110 Å². The Morgan fingerprint density at radius 2 is 2.04 bits per heavy atom. The number of rotatable bonds is 2. The second kappa shape index (κ2) is 6.10. The zero-order chi connectivity index (χ0) is 18.3. The molecule has 0 unspecified atom stereocenters. The summed E-state index contributed by atoms with van der Waals surface area (Å²) in [6.45, 7) is 1.02. The van der Waals surface area contributed by atoms with E-state index in [4.69, 9.17) is 0 Å². The van der Waals surface area contributed by atoms with Crippen LogP contribution in [0.4, 0.5) is 0 Å². The van der Waals surface area contributed by atoms with Gasteiger partial charge in [0.2, 0.25) is 0 Å². The number of amides is 1. The molecule has 1 aliphatic heterocycles. The second-order valence-electron chi connectivity index (χ2n) is 5.89. The molecule has 0 radical (unpaired) electrons. The maximum atomic E-state index is 12.8. The highest BCUT2D eigenvalue weighted by molar-refractivity contribution is 5.94. The minimum Gasteiger partial charge on any atom is -0.464 e. The predicted octanol–water partition coefficient (Wildman–Crippen LogP) is 0.562. The van der Waals surface area contributed by atoms with Gasteiger partial charge < -0.3 is 14.6 Å². The molecule has 0 aliphatic carbocycles. The molecule has 0 bridgehead atoms. The summed E-state index contributed by atoms with van der Waals surface area (Å²) < 4.78 is 6.32. The number of esters is 1. The maximum absolute atomic E-state index is 12.8. The lowest BCUT2D eigenvalue weighted by atomic mass is 10.2. The van der Waals surface area contributed by atoms with Crippen molar-refractivity contribution in [2.75, 3.05) is 13.7 Å². The van der Waals surface area contributed by atoms with Gasteiger partial charge in [0, 0.05) is 6.54 Å². The van der Waals surface area contributed by atoms with E-state index in [1.54, 1.807) is 35.0 Å². The largest absolute Gasteiger partial charge is 0.464 e. The molecule has 0 spiro atoms. The Morgan fingerprint density at radius 1 is 1.23 bits per heavy atom. The lowest BCUT2D eigenvalue weighted by Crippen LogP contribution is -2.41. The molecular formula is C17H15N5O4. The zero-order valence-electron chi connectivity index (χ0n) is 13.9. The molecule has 0 fully saturated rings. The van der Waals surface area contributed by atoms with Gasteiger partial charge in [-0.15, -0.1) is 0 Å². The Hall–Kier alpha value is -3.49. The molecule has 9 heteroatoms. The Bertz CT molecular complexity index is 1080. The highest BCUT2D eigenvalue weighted by atomic mass is 16.5. The van der Waals surface area contributed by atoms with Crippen molar-refractivity contribution in [2.24, 2.45) is 0 Å². The van der Waals surface area contributed by atoms with Crippen molar-refractivity contribution in [3.05, 3.63) is 57.8 Å². The quantitative estimate of drug-likeness (QED) is 0.674. The number of nitrogens with zero attached hydrogens (tertiary/aromatic N) is 4. The molecule has 9 nitrogen and oxygen atoms in total. The van der Waals surface area contributed by atoms with Crippen LogP contribution in [0.25, 0.3) is 11.0 Å². The summed E-state index contributed by atoms with van der Waals surface area (Å²) in [4.78, 5) is 45.1. The summed E-state index contributed by atoms with van der Waals surface area (Å²) >= 11 is 0. The van der Waals surface area contributed by atoms with Crippen LogP contribution in [-0.4, -0.2) is 50.2 Å². The van der Waals surface area contributed by atoms with E-state index in [0.717, 1.165) is 0 Å². The van der Waals surface area contributed by atoms with Gasteiger partial charge in [-0.25, -0.2) is 9.78 Å². The van der Waals surface area contributed by atoms with E-state index < -0.39 is 17.4 Å². The molecule has 132 valence electrons. The van der Waals surface area contributed by atoms with Crippen molar-refractivity contribution in [2.45, 2.75) is 13.1 Å². The van der Waals surface area contributed by atoms with E-state index in [0.29, 0.717) is 29.8 Å². The minimum atomic E-state index is -0.530. The van der Waals surface area contributed by atoms with Gasteiger partial charge in [-0.3, -0.25) is 14.3 Å². The number of benzene rings is 1. The van der Waals surface area contributed by atoms with Gasteiger partial charge in [0.15, 0.2) is 11.4 Å². The number of aromatic nitrogens is 4. The third-order valence-corrected chi connectivity index (χ3v) is 4.28. The van der Waals surface area contributed by atoms with Gasteiger partial charge in [-0.1, -0.05) is 12.1 Å². The average molecular weight is 353 g/mol. The Morgan fingerprint density at radius 3 is 2.85 bits per heavy atom. The molecule has 1 aliphatic rings. The van der Waals surface area contributed by atoms with Crippen LogP contribution in [0.2, 0.25) is 0 Å². The smallest absolute Gasteiger partial charge is 0.358 e. The number of methoxy groups -OCH3 is 1. The molecule has 1 amide bonds. The SMILES string of the molecule is COC(=O)c1cc2n(n1)CCN(C(=O)c1nc3ccccc3[nH]c1=O)C2. The van der Waals surface area contributed by atoms with Crippen molar-refractivity contribution >= 4 is 22.9 Å². The van der Waals surface area contributed by atoms with Crippen molar-refractivity contribution in [1.82, 2.24) is 24.6 Å². The molecule has 3 aromatic rings. The van der Waals surface area contributed by atoms with E-state index >= 15 is 0 Å². The molecule has 3 heterocycles. The lowest BCUT2D eigenvalue weighted by molar-refractivity contribution is 0.0591. The normalized spacial score (nSPS) is 13.5. The van der Waals surface area contributed by atoms with E-state index in [1.807, 2.05) is 0 Å². The first-order chi connectivity index (χ1) is 12.6. The van der Waals surface area contributed by atoms with Gasteiger partial charge >= 0.3 is 5.97 Å². The summed E-state index contributed by atoms with van der Waals surface area (Å²) in [5, 5.41) is 4.17. The summed E-state index contributed by atoms with van der Waals surface area (Å²) in [6, 6.07) is 8.62. The molecule has 2 aromatic heterocycles. The predicted molar refractivity (Wildman–Crippen MR) is 90.7 cm³/mol. The van der Waals surface area contributed by atoms with Crippen molar-refractivity contribution in [3.63, 3.8) is 0 Å². The van der Waals surface area contributed by atoms with E-state index in [-0.39, 0.29) is 17.9 Å². The summed E-state index contributed by atoms with van der Waals surface area (Å²) in [5.74, 6) is -0.985. The lowest BCUT2D eigenvalue weighted by Gasteiger charge is -2.27. The fraction of sp³-hybridized carbons (Fsp3) is 0.235. The number of H-pyrrole nitrogens is 1. The van der Waals surface area contributed by atoms with Crippen molar-refractivity contribution < 1.29 is 14.3 Å². The van der Waals surface area contributed by atoms with Crippen LogP contribution in [-0.2, 0) is 17.8 Å². The zero-order valence-corrected chi connectivity index (χ0v) is 13.9. The highest BCUT2D eigenvalue weighted by Gasteiger charge is 2.27. The van der Waals surface area contributed by atoms with E-state index in [2.05, 4.69) is 19.8 Å². The standard InChI is InChI=1S/C17H15N5O4/c1-26-17(25)13-8-10-9-21(6-7-22(10)20-13)16(24)14-15(23)19-12-5-3-2-4-11(12)18-14/h2-5,8H,6-7,9H2,1H3,(H,19,23). The monoisotopic (exact) mass is 353 g/mol. The molecule has 0 saturated carbocycles. The van der Waals surface area contributed by atoms with Gasteiger partial charge in [-0.2, -0.15) is 5.10 Å². The third kappa shape index (κ3) is 2.63. The number of carbonyl (C=O) groups excluding carboxylic acids is 2. The van der Waals surface area contributed by atoms with E-state index in [1.165, 1.54) is 12.0 Å². The third-order valence-electron chi connectivity index (χ3n) is 4.28. The van der Waals surface area contributed by atoms with Gasteiger partial charge in [0.05, 0.1) is 36.9 Å². The van der Waals surface area contributed by atoms with Crippen LogP contribution >= 0.6 is 0 Å². The molecular weight excluding hydrogens is 338 g/mol. The molecule has 0 atom stereocenters. The number of para-hydroxylation sites is 2.